The van der Waals surface area contributed by atoms with Crippen molar-refractivity contribution < 1.29 is 4.79 Å². The average molecular weight is 478 g/mol. The number of nitrogens with one attached hydrogen (secondary N) is 1. The lowest BCUT2D eigenvalue weighted by atomic mass is 9.96. The highest BCUT2D eigenvalue weighted by molar-refractivity contribution is 6.77. The molecule has 3 atom stereocenters. The molecule has 0 aliphatic heterocycles. The number of carbonyl (C=O) groups excluding carboxylic acids is 1. The molecule has 1 N–H and O–H groups in total. The predicted octanol–water partition coefficient (Wildman–Crippen LogP) is 8.02. The van der Waals surface area contributed by atoms with Crippen LogP contribution < -0.4 is 10.2 Å². The summed E-state index contributed by atoms with van der Waals surface area (Å²) in [5.41, 5.74) is 3.03. The fourth-order valence-electron chi connectivity index (χ4n) is 3.54. The Bertz CT molecular complexity index is 660. The van der Waals surface area contributed by atoms with E-state index >= 15 is 0 Å². The van der Waals surface area contributed by atoms with Crippen LogP contribution in [0.4, 0.5) is 11.4 Å². The summed E-state index contributed by atoms with van der Waals surface area (Å²) in [5, 5.41) is 3.70. The van der Waals surface area contributed by atoms with Gasteiger partial charge in [-0.05, 0) is 68.2 Å². The third-order valence-corrected chi connectivity index (χ3v) is 6.51. The number of hydrogen-bond acceptors (Lipinski definition) is 2. The molecule has 0 aromatic heterocycles. The van der Waals surface area contributed by atoms with E-state index < -0.39 is 9.70 Å². The van der Waals surface area contributed by atoms with E-state index in [1.165, 1.54) is 6.42 Å². The minimum absolute atomic E-state index is 0.429. The van der Waals surface area contributed by atoms with Gasteiger partial charge in [0.05, 0.1) is 0 Å². The van der Waals surface area contributed by atoms with E-state index in [9.17, 15) is 4.79 Å². The summed E-state index contributed by atoms with van der Waals surface area (Å²) < 4.78 is -1.97. The third-order valence-electron chi connectivity index (χ3n) is 6.02. The number of carbonyl (C=O) groups is 1. The van der Waals surface area contributed by atoms with E-state index in [1.807, 2.05) is 19.1 Å². The van der Waals surface area contributed by atoms with Crippen LogP contribution in [0.15, 0.2) is 18.2 Å². The van der Waals surface area contributed by atoms with Crippen LogP contribution in [0.2, 0.25) is 0 Å². The van der Waals surface area contributed by atoms with Crippen LogP contribution in [-0.4, -0.2) is 22.3 Å². The van der Waals surface area contributed by atoms with E-state index in [0.717, 1.165) is 49.0 Å². The molecule has 1 aromatic rings. The quantitative estimate of drug-likeness (QED) is 0.309. The number of hydrogen-bond donors (Lipinski definition) is 1. The Balaban J connectivity index is 3.23. The SMILES string of the molecule is CCC(C)CCc1cc(NC(CC)CC(C)CC)ccc1N(CC)C(=O)C(Cl)(Cl)Cl. The Morgan fingerprint density at radius 3 is 2.17 bits per heavy atom. The molecule has 0 bridgehead atoms. The summed E-state index contributed by atoms with van der Waals surface area (Å²) in [6, 6.07) is 6.63. The molecule has 0 fully saturated rings. The maximum absolute atomic E-state index is 12.7. The number of halogens is 3. The summed E-state index contributed by atoms with van der Waals surface area (Å²) in [4.78, 5) is 14.3. The standard InChI is InChI=1S/C24H39Cl3N2O/c1-7-17(5)11-12-19-16-21(28-20(9-3)15-18(6)8-2)13-14-22(19)29(10-4)23(30)24(25,26)27/h13-14,16-18,20,28H,7-12,15H2,1-6H3. The molecular formula is C24H39Cl3N2O. The van der Waals surface area contributed by atoms with Gasteiger partial charge >= 0.3 is 0 Å². The largest absolute Gasteiger partial charge is 0.382 e. The van der Waals surface area contributed by atoms with Crippen LogP contribution in [0.1, 0.15) is 79.2 Å². The summed E-state index contributed by atoms with van der Waals surface area (Å²) >= 11 is 17.8. The average Bonchev–Trinajstić information content (AvgIpc) is 2.71. The predicted molar refractivity (Wildman–Crippen MR) is 134 cm³/mol. The zero-order chi connectivity index (χ0) is 22.9. The van der Waals surface area contributed by atoms with Gasteiger partial charge in [-0.25, -0.2) is 0 Å². The Morgan fingerprint density at radius 2 is 1.67 bits per heavy atom. The van der Waals surface area contributed by atoms with Crippen molar-refractivity contribution in [3.8, 4) is 0 Å². The van der Waals surface area contributed by atoms with Crippen molar-refractivity contribution in [3.05, 3.63) is 23.8 Å². The van der Waals surface area contributed by atoms with E-state index in [1.54, 1.807) is 4.90 Å². The number of anilines is 2. The van der Waals surface area contributed by atoms with Gasteiger partial charge < -0.3 is 10.2 Å². The van der Waals surface area contributed by atoms with Gasteiger partial charge in [-0.1, -0.05) is 82.3 Å². The normalized spacial score (nSPS) is 14.8. The molecule has 30 heavy (non-hydrogen) atoms. The summed E-state index contributed by atoms with van der Waals surface area (Å²) in [7, 11) is 0. The molecule has 0 saturated heterocycles. The lowest BCUT2D eigenvalue weighted by molar-refractivity contribution is -0.117. The molecule has 0 saturated carbocycles. The second kappa shape index (κ2) is 13.0. The summed E-state index contributed by atoms with van der Waals surface area (Å²) in [6.45, 7) is 13.6. The molecular weight excluding hydrogens is 439 g/mol. The highest BCUT2D eigenvalue weighted by atomic mass is 35.6. The third kappa shape index (κ3) is 8.48. The molecule has 172 valence electrons. The molecule has 1 aromatic carbocycles. The highest BCUT2D eigenvalue weighted by Gasteiger charge is 2.36. The molecule has 3 nitrogen and oxygen atoms in total. The van der Waals surface area contributed by atoms with E-state index in [-0.39, 0.29) is 0 Å². The molecule has 0 spiro atoms. The first-order valence-electron chi connectivity index (χ1n) is 11.3. The first kappa shape index (κ1) is 27.4. The van der Waals surface area contributed by atoms with Crippen molar-refractivity contribution in [1.29, 1.82) is 0 Å². The Labute approximate surface area is 198 Å². The van der Waals surface area contributed by atoms with Gasteiger partial charge in [0.2, 0.25) is 0 Å². The maximum atomic E-state index is 12.7. The van der Waals surface area contributed by atoms with Gasteiger partial charge in [0.25, 0.3) is 9.70 Å². The zero-order valence-electron chi connectivity index (χ0n) is 19.4. The molecule has 3 unspecified atom stereocenters. The van der Waals surface area contributed by atoms with Gasteiger partial charge in [-0.15, -0.1) is 0 Å². The van der Waals surface area contributed by atoms with Gasteiger partial charge in [0.1, 0.15) is 0 Å². The van der Waals surface area contributed by atoms with Gasteiger partial charge in [-0.3, -0.25) is 4.79 Å². The van der Waals surface area contributed by atoms with Crippen LogP contribution in [-0.2, 0) is 11.2 Å². The number of aryl methyl sites for hydroxylation is 1. The van der Waals surface area contributed by atoms with Crippen molar-refractivity contribution in [2.45, 2.75) is 89.9 Å². The number of amides is 1. The molecule has 1 rings (SSSR count). The number of benzene rings is 1. The van der Waals surface area contributed by atoms with Gasteiger partial charge in [-0.2, -0.15) is 0 Å². The second-order valence-electron chi connectivity index (χ2n) is 8.44. The molecule has 6 heteroatoms. The van der Waals surface area contributed by atoms with Crippen molar-refractivity contribution in [2.75, 3.05) is 16.8 Å². The lowest BCUT2D eigenvalue weighted by Gasteiger charge is -2.28. The topological polar surface area (TPSA) is 32.3 Å². The minimum Gasteiger partial charge on any atom is -0.382 e. The molecule has 0 heterocycles. The van der Waals surface area contributed by atoms with Gasteiger partial charge in [0, 0.05) is 24.0 Å². The highest BCUT2D eigenvalue weighted by Crippen LogP contribution is 2.34. The van der Waals surface area contributed by atoms with Crippen molar-refractivity contribution in [3.63, 3.8) is 0 Å². The Kier molecular flexibility index (Phi) is 11.9. The van der Waals surface area contributed by atoms with Crippen LogP contribution in [0.3, 0.4) is 0 Å². The summed E-state index contributed by atoms with van der Waals surface area (Å²) in [5.74, 6) is 0.787. The molecule has 0 aliphatic carbocycles. The monoisotopic (exact) mass is 476 g/mol. The van der Waals surface area contributed by atoms with Crippen molar-refractivity contribution in [1.82, 2.24) is 0 Å². The van der Waals surface area contributed by atoms with Crippen LogP contribution >= 0.6 is 34.8 Å². The Morgan fingerprint density at radius 1 is 1.03 bits per heavy atom. The van der Waals surface area contributed by atoms with Crippen LogP contribution in [0, 0.1) is 11.8 Å². The van der Waals surface area contributed by atoms with Gasteiger partial charge in [0.15, 0.2) is 0 Å². The number of rotatable bonds is 12. The minimum atomic E-state index is -1.97. The number of alkyl halides is 3. The second-order valence-corrected chi connectivity index (χ2v) is 10.7. The Hall–Kier alpha value is -0.640. The zero-order valence-corrected chi connectivity index (χ0v) is 21.7. The molecule has 1 amide bonds. The first-order chi connectivity index (χ1) is 14.1. The van der Waals surface area contributed by atoms with E-state index in [0.29, 0.717) is 24.4 Å². The van der Waals surface area contributed by atoms with Crippen molar-refractivity contribution >= 4 is 52.1 Å². The summed E-state index contributed by atoms with van der Waals surface area (Å²) in [6.07, 6.45) is 6.46. The van der Waals surface area contributed by atoms with Crippen LogP contribution in [0.5, 0.6) is 0 Å². The lowest BCUT2D eigenvalue weighted by Crippen LogP contribution is -2.40. The van der Waals surface area contributed by atoms with Crippen molar-refractivity contribution in [2.24, 2.45) is 11.8 Å². The van der Waals surface area contributed by atoms with E-state index in [4.69, 9.17) is 34.8 Å². The number of nitrogens with zero attached hydrogens (tertiary/aromatic N) is 1. The molecule has 0 aliphatic rings. The van der Waals surface area contributed by atoms with E-state index in [2.05, 4.69) is 46.0 Å². The smallest absolute Gasteiger partial charge is 0.279 e. The molecule has 0 radical (unpaired) electrons. The van der Waals surface area contributed by atoms with Crippen LogP contribution in [0.25, 0.3) is 0 Å². The fraction of sp³-hybridized carbons (Fsp3) is 0.708. The maximum Gasteiger partial charge on any atom is 0.279 e. The first-order valence-corrected chi connectivity index (χ1v) is 12.5. The fourth-order valence-corrected chi connectivity index (χ4v) is 3.84.